The number of allylic oxidation sites excluding steroid dienone is 1. The molecule has 1 aliphatic heterocycles. The van der Waals surface area contributed by atoms with E-state index >= 15 is 0 Å². The predicted octanol–water partition coefficient (Wildman–Crippen LogP) is 0.505. The highest BCUT2D eigenvalue weighted by molar-refractivity contribution is 6.14. The molecule has 0 spiro atoms. The van der Waals surface area contributed by atoms with Gasteiger partial charge in [0.1, 0.15) is 7.11 Å². The number of hydrogen-bond donors (Lipinski definition) is 1. The first-order valence-corrected chi connectivity index (χ1v) is 3.53. The van der Waals surface area contributed by atoms with Gasteiger partial charge in [0, 0.05) is 7.05 Å². The summed E-state index contributed by atoms with van der Waals surface area (Å²) < 4.78 is 0. The maximum absolute atomic E-state index is 11.1. The quantitative estimate of drug-likeness (QED) is 0.581. The van der Waals surface area contributed by atoms with Crippen LogP contribution >= 0.6 is 0 Å². The number of nitrogens with zero attached hydrogens (tertiary/aromatic N) is 2. The van der Waals surface area contributed by atoms with Gasteiger partial charge in [-0.05, 0) is 6.92 Å². The third kappa shape index (κ3) is 1.25. The van der Waals surface area contributed by atoms with Crippen LogP contribution in [0.25, 0.3) is 0 Å². The Morgan fingerprint density at radius 2 is 2.33 bits per heavy atom. The summed E-state index contributed by atoms with van der Waals surface area (Å²) in [6.07, 6.45) is 1.76. The van der Waals surface area contributed by atoms with E-state index in [9.17, 15) is 4.79 Å². The molecule has 1 fully saturated rings. The fraction of sp³-hybridized carbons (Fsp3) is 0.429. The van der Waals surface area contributed by atoms with Crippen molar-refractivity contribution in [2.24, 2.45) is 5.16 Å². The molecule has 0 unspecified atom stereocenters. The molecule has 1 rings (SSSR count). The lowest BCUT2D eigenvalue weighted by atomic mass is 10.4. The van der Waals surface area contributed by atoms with E-state index in [1.54, 1.807) is 13.1 Å². The molecule has 0 bridgehead atoms. The van der Waals surface area contributed by atoms with Gasteiger partial charge in [0.25, 0.3) is 0 Å². The first-order chi connectivity index (χ1) is 5.70. The van der Waals surface area contributed by atoms with Crippen LogP contribution in [0, 0.1) is 0 Å². The van der Waals surface area contributed by atoms with Gasteiger partial charge in [0.2, 0.25) is 0 Å². The lowest BCUT2D eigenvalue weighted by Crippen LogP contribution is -2.26. The Balaban J connectivity index is 2.96. The second kappa shape index (κ2) is 3.25. The number of rotatable bonds is 1. The van der Waals surface area contributed by atoms with Crippen LogP contribution in [0.1, 0.15) is 6.92 Å². The number of amides is 2. The van der Waals surface area contributed by atoms with Crippen LogP contribution in [0.4, 0.5) is 4.79 Å². The van der Waals surface area contributed by atoms with Crippen molar-refractivity contribution < 1.29 is 9.63 Å². The van der Waals surface area contributed by atoms with Gasteiger partial charge in [-0.3, -0.25) is 4.90 Å². The first kappa shape index (κ1) is 8.58. The summed E-state index contributed by atoms with van der Waals surface area (Å²) in [4.78, 5) is 17.0. The highest BCUT2D eigenvalue weighted by atomic mass is 16.6. The van der Waals surface area contributed by atoms with E-state index in [1.807, 2.05) is 6.92 Å². The summed E-state index contributed by atoms with van der Waals surface area (Å²) >= 11 is 0. The van der Waals surface area contributed by atoms with Crippen molar-refractivity contribution >= 4 is 11.9 Å². The molecule has 0 saturated carbocycles. The molecule has 1 aliphatic rings. The molecule has 1 N–H and O–H groups in total. The fourth-order valence-electron chi connectivity index (χ4n) is 0.930. The van der Waals surface area contributed by atoms with E-state index in [0.717, 1.165) is 0 Å². The molecule has 1 saturated heterocycles. The van der Waals surface area contributed by atoms with Crippen LogP contribution in [-0.4, -0.2) is 30.9 Å². The van der Waals surface area contributed by atoms with Crippen LogP contribution < -0.4 is 5.32 Å². The fourth-order valence-corrected chi connectivity index (χ4v) is 0.930. The molecule has 5 nitrogen and oxygen atoms in total. The Labute approximate surface area is 70.7 Å². The summed E-state index contributed by atoms with van der Waals surface area (Å²) in [6.45, 7) is 1.82. The largest absolute Gasteiger partial charge is 0.397 e. The predicted molar refractivity (Wildman–Crippen MR) is 44.5 cm³/mol. The molecule has 2 amide bonds. The van der Waals surface area contributed by atoms with Gasteiger partial charge < -0.3 is 10.2 Å². The SMILES string of the molecule is C/C=C1/NC(=O)N(C)/C1=N/OC. The molecule has 5 heteroatoms. The second-order valence-corrected chi connectivity index (χ2v) is 2.29. The third-order valence-corrected chi connectivity index (χ3v) is 1.57. The monoisotopic (exact) mass is 169 g/mol. The summed E-state index contributed by atoms with van der Waals surface area (Å²) in [6, 6.07) is -0.195. The van der Waals surface area contributed by atoms with Crippen molar-refractivity contribution in [1.82, 2.24) is 10.2 Å². The minimum Gasteiger partial charge on any atom is -0.397 e. The number of urea groups is 1. The van der Waals surface area contributed by atoms with Crippen LogP contribution in [0.2, 0.25) is 0 Å². The van der Waals surface area contributed by atoms with E-state index < -0.39 is 0 Å². The van der Waals surface area contributed by atoms with Crippen LogP contribution in [0.3, 0.4) is 0 Å². The third-order valence-electron chi connectivity index (χ3n) is 1.57. The van der Waals surface area contributed by atoms with Crippen LogP contribution in [0.5, 0.6) is 0 Å². The van der Waals surface area contributed by atoms with E-state index in [-0.39, 0.29) is 6.03 Å². The number of amidine groups is 1. The molecule has 0 aliphatic carbocycles. The van der Waals surface area contributed by atoms with Gasteiger partial charge >= 0.3 is 6.03 Å². The average Bonchev–Trinajstić information content (AvgIpc) is 2.33. The Kier molecular flexibility index (Phi) is 2.32. The Morgan fingerprint density at radius 1 is 1.67 bits per heavy atom. The molecular weight excluding hydrogens is 158 g/mol. The van der Waals surface area contributed by atoms with Gasteiger partial charge in [0.15, 0.2) is 5.84 Å². The zero-order valence-electron chi connectivity index (χ0n) is 7.29. The lowest BCUT2D eigenvalue weighted by molar-refractivity contribution is 0.207. The van der Waals surface area contributed by atoms with Crippen LogP contribution in [-0.2, 0) is 4.84 Å². The molecule has 0 aromatic heterocycles. The van der Waals surface area contributed by atoms with E-state index in [0.29, 0.717) is 11.5 Å². The normalized spacial score (nSPS) is 23.6. The molecule has 66 valence electrons. The standard InChI is InChI=1S/C7H11N3O2/c1-4-5-6(9-12-3)10(2)7(11)8-5/h4H,1-3H3,(H,8,11)/b5-4+,9-6+. The number of carbonyl (C=O) groups excluding carboxylic acids is 1. The summed E-state index contributed by atoms with van der Waals surface area (Å²) in [5, 5.41) is 6.32. The molecule has 1 heterocycles. The molecule has 0 aromatic rings. The zero-order valence-corrected chi connectivity index (χ0v) is 7.29. The second-order valence-electron chi connectivity index (χ2n) is 2.29. The maximum Gasteiger partial charge on any atom is 0.327 e. The molecule has 12 heavy (non-hydrogen) atoms. The number of nitrogens with one attached hydrogen (secondary N) is 1. The Hall–Kier alpha value is -1.52. The topological polar surface area (TPSA) is 53.9 Å². The van der Waals surface area contributed by atoms with Crippen molar-refractivity contribution in [2.75, 3.05) is 14.2 Å². The Bertz CT molecular complexity index is 257. The minimum atomic E-state index is -0.195. The highest BCUT2D eigenvalue weighted by Gasteiger charge is 2.28. The van der Waals surface area contributed by atoms with Crippen molar-refractivity contribution in [3.63, 3.8) is 0 Å². The molecule has 0 radical (unpaired) electrons. The number of likely N-dealkylation sites (N-methyl/N-ethyl adjacent to an activating group) is 1. The number of hydrogen-bond acceptors (Lipinski definition) is 3. The van der Waals surface area contributed by atoms with E-state index in [4.69, 9.17) is 0 Å². The van der Waals surface area contributed by atoms with Gasteiger partial charge in [-0.25, -0.2) is 4.79 Å². The van der Waals surface area contributed by atoms with Crippen molar-refractivity contribution in [2.45, 2.75) is 6.92 Å². The highest BCUT2D eigenvalue weighted by Crippen LogP contribution is 2.08. The maximum atomic E-state index is 11.1. The van der Waals surface area contributed by atoms with Crippen molar-refractivity contribution in [3.05, 3.63) is 11.8 Å². The van der Waals surface area contributed by atoms with E-state index in [2.05, 4.69) is 15.3 Å². The number of carbonyl (C=O) groups is 1. The number of oxime groups is 1. The average molecular weight is 169 g/mol. The smallest absolute Gasteiger partial charge is 0.327 e. The Morgan fingerprint density at radius 3 is 2.83 bits per heavy atom. The molecule has 0 atom stereocenters. The van der Waals surface area contributed by atoms with Crippen molar-refractivity contribution in [3.8, 4) is 0 Å². The van der Waals surface area contributed by atoms with Crippen LogP contribution in [0.15, 0.2) is 16.9 Å². The van der Waals surface area contributed by atoms with E-state index in [1.165, 1.54) is 12.0 Å². The molecule has 0 aromatic carbocycles. The van der Waals surface area contributed by atoms with Gasteiger partial charge in [-0.15, -0.1) is 0 Å². The van der Waals surface area contributed by atoms with Gasteiger partial charge in [-0.1, -0.05) is 11.2 Å². The minimum absolute atomic E-state index is 0.195. The van der Waals surface area contributed by atoms with Gasteiger partial charge in [-0.2, -0.15) is 0 Å². The summed E-state index contributed by atoms with van der Waals surface area (Å²) in [5.41, 5.74) is 0.671. The summed E-state index contributed by atoms with van der Waals surface area (Å²) in [5.74, 6) is 0.505. The first-order valence-electron chi connectivity index (χ1n) is 3.53. The lowest BCUT2D eigenvalue weighted by Gasteiger charge is -2.04. The van der Waals surface area contributed by atoms with Crippen molar-refractivity contribution in [1.29, 1.82) is 0 Å². The van der Waals surface area contributed by atoms with Gasteiger partial charge in [0.05, 0.1) is 5.70 Å². The summed E-state index contributed by atoms with van der Waals surface area (Å²) in [7, 11) is 3.07. The molecular formula is C7H11N3O2. The zero-order chi connectivity index (χ0) is 9.14.